The van der Waals surface area contributed by atoms with Gasteiger partial charge in [-0.3, -0.25) is 19.6 Å². The number of amides is 1. The normalized spacial score (nSPS) is 8.83. The molecule has 9 aromatic heterocycles. The molecule has 2 aromatic carbocycles. The SMILES string of the molecule is BrP(Br)Br.C.CCOC(=O)c1cnc(Cl)c(Cl)c1.Cc1cc(=O)c(C(N)=O)c[nH]1.Cc1cc(Cl)c(C#N)cn1.Cc1ccc(C#N)c(Br)c1.Cc1ccc(C#N)c(Cl)n1.N#Cc1ccc(CBr)cc1Br.N#Cc1ccc(CBr)nc1Cl.N#Cc1cnc(CBr)cc1Cl.N#Cc1ncc(CBr)cc1Cl.N#Cc1ncc(CO)cc1Cl.OCc1cnc(Cl)c(Cl)c1.[B]=NS.[B]=NS.[B]=NS. The van der Waals surface area contributed by atoms with E-state index in [0.29, 0.717) is 98.5 Å². The van der Waals surface area contributed by atoms with Crippen molar-refractivity contribution in [1.82, 2.24) is 44.9 Å². The number of alkyl halides is 4. The third-order valence-corrected chi connectivity index (χ3v) is 20.0. The third-order valence-electron chi connectivity index (χ3n) is 13.1. The number of H-pyrrole nitrogens is 1. The van der Waals surface area contributed by atoms with Gasteiger partial charge in [-0.1, -0.05) is 199 Å². The Labute approximate surface area is 914 Å². The molecule has 0 bridgehead atoms. The molecule has 53 heteroatoms. The van der Waals surface area contributed by atoms with Crippen molar-refractivity contribution in [3.63, 3.8) is 0 Å². The number of nitrogens with one attached hydrogen (secondary N) is 1. The number of hydrogen-bond acceptors (Lipinski definition) is 28. The fraction of sp³-hybridized carbons (Fsp3) is 0.163. The van der Waals surface area contributed by atoms with Crippen LogP contribution in [0.2, 0.25) is 50.7 Å². The number of aromatic nitrogens is 9. The number of esters is 1. The summed E-state index contributed by atoms with van der Waals surface area (Å²) in [7, 11) is 13.0. The van der Waals surface area contributed by atoms with Gasteiger partial charge >= 0.3 is 80.2 Å². The van der Waals surface area contributed by atoms with Crippen LogP contribution in [0.15, 0.2) is 173 Å². The fourth-order valence-electron chi connectivity index (χ4n) is 7.26. The first-order valence-electron chi connectivity index (χ1n) is 34.3. The molecule has 133 heavy (non-hydrogen) atoms. The molecule has 9 heterocycles. The number of ether oxygens (including phenoxy) is 1. The number of halogens is 19. The van der Waals surface area contributed by atoms with Crippen molar-refractivity contribution >= 4 is 335 Å². The van der Waals surface area contributed by atoms with Crippen LogP contribution in [0.4, 0.5) is 0 Å². The summed E-state index contributed by atoms with van der Waals surface area (Å²) in [5, 5.41) is 91.2. The Hall–Kier alpha value is -6.34. The molecule has 0 aliphatic heterocycles. The molecule has 0 saturated heterocycles. The van der Waals surface area contributed by atoms with E-state index in [9.17, 15) is 14.4 Å². The summed E-state index contributed by atoms with van der Waals surface area (Å²) in [6, 6.07) is 44.7. The number of benzene rings is 2. The molecule has 691 valence electrons. The Bertz CT molecular complexity index is 5460. The molecule has 27 nitrogen and oxygen atoms in total. The maximum atomic E-state index is 11.1. The van der Waals surface area contributed by atoms with Crippen LogP contribution < -0.4 is 11.2 Å². The summed E-state index contributed by atoms with van der Waals surface area (Å²) in [5.41, 5.74) is 16.9. The second-order valence-electron chi connectivity index (χ2n) is 22.4. The van der Waals surface area contributed by atoms with Gasteiger partial charge in [-0.15, -0.1) is 0 Å². The van der Waals surface area contributed by atoms with Crippen molar-refractivity contribution in [1.29, 1.82) is 42.1 Å². The topological polar surface area (TPSA) is 473 Å². The standard InChI is InChI=1S/C8H5Br2N.C8H6BrN.C8H7Cl2NO2.3C7H4BrClN2.C7H5ClN2O.2C7H5ClN2.C7H8N2O2.C6H5Cl2NO.CH4.3BHNS.Br3P/c9-4-6-1-2-7(5-11)8(10)3-6;1-6-2-3-7(5-10)8(9)4-6;1-2-13-8(12)5-3-6(9)7(10)11-4-5;8-2-6-1-7(9)5(3-10)4-11-6;8-2-5-1-6(9)7(3-10)11-4-5;8-3-6-2-1-5(4-10)7(9)11-6;8-6-1-5(4-11)3-10-7(6)2-9;1-5-2-7(8)6(3-9)4-10-5;1-5-2-3-6(4-9)7(8)10-5;1-4-2-6(10)5(3-9-4)7(8)11;7-5-1-4(3-10)2-9-6(5)8;;3*1-2-3;1-4(2)3/h1-3H,4H2;2-4H,1H3;3-4H,2H2,1H3;2*1,4H,2H2;1-2H,3H2;1,3,11H,4H2;2,4H,1H3;2-3H,1H3;2-3H,1H3,(H2,8,11)(H,9,10);1-2,10H,3H2;1H4;3*3H;. The molecule has 5 N–H and O–H groups in total. The number of carbonyl (C=O) groups excluding carboxylic acids is 2. The predicted octanol–water partition coefficient (Wildman–Crippen LogP) is 27.1. The Kier molecular flexibility index (Phi) is 84.0. The number of thiol groups is 3. The van der Waals surface area contributed by atoms with E-state index >= 15 is 0 Å². The van der Waals surface area contributed by atoms with Crippen LogP contribution in [0.25, 0.3) is 0 Å². The summed E-state index contributed by atoms with van der Waals surface area (Å²) >= 11 is 95.0. The molecule has 3 radical (unpaired) electrons. The summed E-state index contributed by atoms with van der Waals surface area (Å²) in [5.74, 6) is -1.15. The van der Waals surface area contributed by atoms with Crippen LogP contribution in [0, 0.1) is 118 Å². The molecule has 0 saturated carbocycles. The quantitative estimate of drug-likeness (QED) is 0.0176. The zero-order chi connectivity index (χ0) is 102. The summed E-state index contributed by atoms with van der Waals surface area (Å²) in [6.45, 7) is 9.24. The first kappa shape index (κ1) is 135. The average molecular weight is 2650 g/mol. The van der Waals surface area contributed by atoms with Crippen molar-refractivity contribution in [2.45, 2.75) is 76.6 Å². The molecule has 0 fully saturated rings. The molecular formula is C80H65B3Br9Cl10N21O6PS3. The fourth-order valence-corrected chi connectivity index (χ4v) is 11.6. The van der Waals surface area contributed by atoms with E-state index < -0.39 is 11.9 Å². The van der Waals surface area contributed by atoms with Crippen LogP contribution in [0.3, 0.4) is 0 Å². The van der Waals surface area contributed by atoms with Crippen molar-refractivity contribution < 1.29 is 24.5 Å². The third kappa shape index (κ3) is 62.3. The van der Waals surface area contributed by atoms with Crippen molar-refractivity contribution in [3.05, 3.63) is 329 Å². The number of rotatable bonds is 9. The molecule has 0 aliphatic carbocycles. The summed E-state index contributed by atoms with van der Waals surface area (Å²) in [6.07, 6.45) is 10.1. The van der Waals surface area contributed by atoms with E-state index in [0.717, 1.165) is 53.7 Å². The van der Waals surface area contributed by atoms with Crippen molar-refractivity contribution in [2.75, 3.05) is 6.61 Å². The molecule has 0 spiro atoms. The van der Waals surface area contributed by atoms with Gasteiger partial charge in [0.1, 0.15) is 78.8 Å². The Balaban J connectivity index is -0.000000445. The monoisotopic (exact) mass is 2640 g/mol. The van der Waals surface area contributed by atoms with Gasteiger partial charge in [0.25, 0.3) is 5.91 Å². The molecule has 0 aliphatic rings. The number of nitrogens with two attached hydrogens (primary N) is 1. The molecule has 0 unspecified atom stereocenters. The van der Waals surface area contributed by atoms with Crippen molar-refractivity contribution in [2.24, 2.45) is 18.6 Å². The first-order valence-corrected chi connectivity index (χ1v) is 52.7. The van der Waals surface area contributed by atoms with Gasteiger partial charge in [-0.25, -0.2) is 34.7 Å². The van der Waals surface area contributed by atoms with Gasteiger partial charge in [0.15, 0.2) is 16.8 Å². The van der Waals surface area contributed by atoms with E-state index in [1.807, 2.05) is 81.5 Å². The number of pyridine rings is 9. The summed E-state index contributed by atoms with van der Waals surface area (Å²) < 4.78 is 14.4. The zero-order valence-corrected chi connectivity index (χ0v) is 93.5. The second kappa shape index (κ2) is 82.7. The minimum absolute atomic E-state index is 0. The Morgan fingerprint density at radius 2 is 0.872 bits per heavy atom. The van der Waals surface area contributed by atoms with Crippen LogP contribution in [0.5, 0.6) is 0 Å². The number of primary amides is 1. The van der Waals surface area contributed by atoms with E-state index in [2.05, 4.69) is 273 Å². The maximum absolute atomic E-state index is 11.1. The molecule has 0 atom stereocenters. The van der Waals surface area contributed by atoms with Crippen molar-refractivity contribution in [3.8, 4) is 48.6 Å². The Morgan fingerprint density at radius 3 is 1.25 bits per heavy atom. The molecule has 1 amide bonds. The van der Waals surface area contributed by atoms with E-state index in [1.54, 1.807) is 80.7 Å². The number of aromatic amines is 1. The van der Waals surface area contributed by atoms with E-state index in [-0.39, 0.29) is 77.7 Å². The zero-order valence-electron chi connectivity index (χ0n) is 68.1. The van der Waals surface area contributed by atoms with Crippen LogP contribution in [-0.4, -0.2) is 96.5 Å². The average Bonchev–Trinajstić information content (AvgIpc) is 0.864. The van der Waals surface area contributed by atoms with E-state index in [4.69, 9.17) is 179 Å². The summed E-state index contributed by atoms with van der Waals surface area (Å²) in [4.78, 5) is 66.1. The minimum atomic E-state index is -0.703. The van der Waals surface area contributed by atoms with Gasteiger partial charge < -0.3 is 25.7 Å². The predicted molar refractivity (Wildman–Crippen MR) is 575 cm³/mol. The number of aryl methyl sites for hydroxylation is 4. The van der Waals surface area contributed by atoms with Gasteiger partial charge in [0.2, 0.25) is 0 Å². The van der Waals surface area contributed by atoms with Crippen LogP contribution in [0.1, 0.15) is 136 Å². The number of aliphatic hydroxyl groups is 2. The number of nitriles is 8. The Morgan fingerprint density at radius 1 is 0.466 bits per heavy atom. The number of carbonyl (C=O) groups is 2. The number of aliphatic hydroxyl groups excluding tert-OH is 2. The number of nitrogens with zero attached hydrogens (tertiary/aromatic N) is 19. The molecule has 11 rings (SSSR count). The van der Waals surface area contributed by atoms with Crippen LogP contribution in [-0.2, 0) is 39.3 Å². The molecular weight excluding hydrogens is 2580 g/mol. The van der Waals surface area contributed by atoms with Gasteiger partial charge in [-0.2, -0.15) is 42.1 Å². The van der Waals surface area contributed by atoms with E-state index in [1.165, 1.54) is 55.4 Å². The van der Waals surface area contributed by atoms with Gasteiger partial charge in [0, 0.05) is 96.8 Å². The first-order chi connectivity index (χ1) is 62.5. The van der Waals surface area contributed by atoms with Gasteiger partial charge in [0.05, 0.1) is 100 Å². The van der Waals surface area contributed by atoms with Crippen LogP contribution >= 0.6 is 301 Å². The molecule has 11 aromatic rings. The second-order valence-corrected chi connectivity index (χ2v) is 46.3. The number of hydrogen-bond donors (Lipinski definition) is 7. The van der Waals surface area contributed by atoms with Gasteiger partial charge in [-0.05, 0) is 226 Å².